The number of H-pyrrole nitrogens is 1. The van der Waals surface area contributed by atoms with E-state index >= 15 is 0 Å². The van der Waals surface area contributed by atoms with Crippen molar-refractivity contribution in [2.45, 2.75) is 26.4 Å². The number of aliphatic hydroxyl groups is 1. The molecule has 1 fully saturated rings. The van der Waals surface area contributed by atoms with Gasteiger partial charge in [0.05, 0.1) is 16.8 Å². The predicted octanol–water partition coefficient (Wildman–Crippen LogP) is 1.16. The molecule has 1 saturated heterocycles. The number of carbonyl (C=O) groups is 1. The van der Waals surface area contributed by atoms with Gasteiger partial charge in [-0.25, -0.2) is 4.98 Å². The number of thiazole rings is 1. The topological polar surface area (TPSA) is 82.1 Å². The molecule has 21 heavy (non-hydrogen) atoms. The Labute approximate surface area is 126 Å². The first-order valence-corrected chi connectivity index (χ1v) is 7.81. The summed E-state index contributed by atoms with van der Waals surface area (Å²) in [7, 11) is 0. The van der Waals surface area contributed by atoms with E-state index < -0.39 is 6.10 Å². The van der Waals surface area contributed by atoms with E-state index in [1.807, 2.05) is 19.9 Å². The van der Waals surface area contributed by atoms with Gasteiger partial charge in [0.1, 0.15) is 5.69 Å². The standard InChI is InChI=1S/C14H18N4O2S/c1-8-3-11(17-16-8)4-10-5-18(6-13(10)19)14(20)12-7-21-9(2)15-12/h3,7,10,13,19H,4-6H2,1-2H3,(H,16,17)/t10-,13-/m1/s1. The first-order valence-electron chi connectivity index (χ1n) is 6.93. The first kappa shape index (κ1) is 14.2. The molecular formula is C14H18N4O2S. The number of aryl methyl sites for hydroxylation is 2. The van der Waals surface area contributed by atoms with Crippen LogP contribution in [0.5, 0.6) is 0 Å². The van der Waals surface area contributed by atoms with Gasteiger partial charge in [-0.05, 0) is 26.3 Å². The van der Waals surface area contributed by atoms with Crippen molar-refractivity contribution in [1.29, 1.82) is 0 Å². The van der Waals surface area contributed by atoms with Crippen LogP contribution >= 0.6 is 11.3 Å². The molecule has 7 heteroatoms. The summed E-state index contributed by atoms with van der Waals surface area (Å²) in [5.41, 5.74) is 2.40. The van der Waals surface area contributed by atoms with Crippen LogP contribution < -0.4 is 0 Å². The summed E-state index contributed by atoms with van der Waals surface area (Å²) in [4.78, 5) is 18.2. The van der Waals surface area contributed by atoms with Crippen molar-refractivity contribution >= 4 is 17.2 Å². The minimum Gasteiger partial charge on any atom is -0.391 e. The van der Waals surface area contributed by atoms with Crippen molar-refractivity contribution in [2.75, 3.05) is 13.1 Å². The highest BCUT2D eigenvalue weighted by Gasteiger charge is 2.35. The monoisotopic (exact) mass is 306 g/mol. The minimum absolute atomic E-state index is 0.0244. The lowest BCUT2D eigenvalue weighted by Crippen LogP contribution is -2.29. The van der Waals surface area contributed by atoms with Crippen LogP contribution in [0.25, 0.3) is 0 Å². The van der Waals surface area contributed by atoms with E-state index in [4.69, 9.17) is 0 Å². The maximum absolute atomic E-state index is 12.3. The molecule has 112 valence electrons. The van der Waals surface area contributed by atoms with Crippen LogP contribution in [0.3, 0.4) is 0 Å². The second-order valence-electron chi connectivity index (χ2n) is 5.54. The molecule has 0 aromatic carbocycles. The normalized spacial score (nSPS) is 22.0. The summed E-state index contributed by atoms with van der Waals surface area (Å²) in [6.45, 7) is 4.73. The smallest absolute Gasteiger partial charge is 0.273 e. The lowest BCUT2D eigenvalue weighted by molar-refractivity contribution is 0.0759. The quantitative estimate of drug-likeness (QED) is 0.891. The van der Waals surface area contributed by atoms with Crippen LogP contribution in [0.4, 0.5) is 0 Å². The Morgan fingerprint density at radius 1 is 1.52 bits per heavy atom. The highest BCUT2D eigenvalue weighted by Crippen LogP contribution is 2.23. The van der Waals surface area contributed by atoms with Crippen LogP contribution in [-0.2, 0) is 6.42 Å². The predicted molar refractivity (Wildman–Crippen MR) is 79.3 cm³/mol. The van der Waals surface area contributed by atoms with Crippen molar-refractivity contribution in [3.8, 4) is 0 Å². The van der Waals surface area contributed by atoms with Gasteiger partial charge in [0.15, 0.2) is 0 Å². The summed E-state index contributed by atoms with van der Waals surface area (Å²) >= 11 is 1.46. The van der Waals surface area contributed by atoms with Gasteiger partial charge in [-0.1, -0.05) is 0 Å². The van der Waals surface area contributed by atoms with E-state index in [0.29, 0.717) is 25.2 Å². The van der Waals surface area contributed by atoms with E-state index in [1.165, 1.54) is 11.3 Å². The van der Waals surface area contributed by atoms with Crippen LogP contribution in [0, 0.1) is 19.8 Å². The molecule has 0 saturated carbocycles. The van der Waals surface area contributed by atoms with Crippen molar-refractivity contribution in [3.05, 3.63) is 33.5 Å². The number of nitrogens with zero attached hydrogens (tertiary/aromatic N) is 3. The molecule has 1 aliphatic heterocycles. The number of β-amino-alcohol motifs (C(OH)–C–C–N with tert-alkyl or cyclic N) is 1. The maximum Gasteiger partial charge on any atom is 0.273 e. The Morgan fingerprint density at radius 3 is 2.95 bits per heavy atom. The molecule has 3 rings (SSSR count). The average Bonchev–Trinajstić information content (AvgIpc) is 3.12. The van der Waals surface area contributed by atoms with E-state index in [0.717, 1.165) is 16.4 Å². The van der Waals surface area contributed by atoms with Gasteiger partial charge in [-0.2, -0.15) is 5.10 Å². The van der Waals surface area contributed by atoms with E-state index in [1.54, 1.807) is 10.3 Å². The lowest BCUT2D eigenvalue weighted by Gasteiger charge is -2.14. The fourth-order valence-corrected chi connectivity index (χ4v) is 3.28. The number of aromatic amines is 1. The maximum atomic E-state index is 12.3. The van der Waals surface area contributed by atoms with Gasteiger partial charge in [0.25, 0.3) is 5.91 Å². The average molecular weight is 306 g/mol. The highest BCUT2D eigenvalue weighted by molar-refractivity contribution is 7.09. The third-order valence-electron chi connectivity index (χ3n) is 3.76. The van der Waals surface area contributed by atoms with Crippen LogP contribution in [0.15, 0.2) is 11.4 Å². The summed E-state index contributed by atoms with van der Waals surface area (Å²) in [6.07, 6.45) is 0.163. The molecule has 0 spiro atoms. The van der Waals surface area contributed by atoms with Gasteiger partial charge < -0.3 is 10.0 Å². The number of hydrogen-bond acceptors (Lipinski definition) is 5. The third kappa shape index (κ3) is 2.98. The summed E-state index contributed by atoms with van der Waals surface area (Å²) in [5, 5.41) is 19.9. The summed E-state index contributed by atoms with van der Waals surface area (Å²) < 4.78 is 0. The zero-order valence-corrected chi connectivity index (χ0v) is 12.9. The van der Waals surface area contributed by atoms with Gasteiger partial charge in [-0.3, -0.25) is 9.89 Å². The molecule has 0 unspecified atom stereocenters. The number of rotatable bonds is 3. The number of nitrogens with one attached hydrogen (secondary N) is 1. The molecule has 6 nitrogen and oxygen atoms in total. The fourth-order valence-electron chi connectivity index (χ4n) is 2.69. The molecule has 2 aromatic heterocycles. The molecule has 2 N–H and O–H groups in total. The molecule has 0 radical (unpaired) electrons. The second kappa shape index (κ2) is 5.57. The molecule has 1 aliphatic rings. The van der Waals surface area contributed by atoms with Crippen molar-refractivity contribution in [3.63, 3.8) is 0 Å². The minimum atomic E-state index is -0.509. The molecular weight excluding hydrogens is 288 g/mol. The number of amides is 1. The largest absolute Gasteiger partial charge is 0.391 e. The van der Waals surface area contributed by atoms with Crippen LogP contribution in [0.1, 0.15) is 26.9 Å². The molecule has 3 heterocycles. The molecule has 1 amide bonds. The Bertz CT molecular complexity index is 651. The van der Waals surface area contributed by atoms with Crippen LogP contribution in [0.2, 0.25) is 0 Å². The lowest BCUT2D eigenvalue weighted by atomic mass is 10.0. The van der Waals surface area contributed by atoms with E-state index in [2.05, 4.69) is 15.2 Å². The Kier molecular flexibility index (Phi) is 3.77. The zero-order chi connectivity index (χ0) is 15.0. The molecule has 0 aliphatic carbocycles. The van der Waals surface area contributed by atoms with Crippen molar-refractivity contribution < 1.29 is 9.90 Å². The number of aliphatic hydroxyl groups excluding tert-OH is 1. The zero-order valence-electron chi connectivity index (χ0n) is 12.0. The number of carbonyl (C=O) groups excluding carboxylic acids is 1. The van der Waals surface area contributed by atoms with Crippen molar-refractivity contribution in [1.82, 2.24) is 20.1 Å². The number of aromatic nitrogens is 3. The van der Waals surface area contributed by atoms with Gasteiger partial charge in [0, 0.05) is 30.1 Å². The Balaban J connectivity index is 1.66. The Hall–Kier alpha value is -1.73. The SMILES string of the molecule is Cc1cc(C[C@@H]2CN(C(=O)c3csc(C)n3)C[C@H]2O)n[nH]1. The molecule has 0 bridgehead atoms. The highest BCUT2D eigenvalue weighted by atomic mass is 32.1. The molecule has 2 atom stereocenters. The van der Waals surface area contributed by atoms with Gasteiger partial charge in [0.2, 0.25) is 0 Å². The Morgan fingerprint density at radius 2 is 2.33 bits per heavy atom. The summed E-state index contributed by atoms with van der Waals surface area (Å²) in [6, 6.07) is 1.97. The van der Waals surface area contributed by atoms with Crippen LogP contribution in [-0.4, -0.2) is 50.3 Å². The number of hydrogen-bond donors (Lipinski definition) is 2. The number of likely N-dealkylation sites (tertiary alicyclic amines) is 1. The fraction of sp³-hybridized carbons (Fsp3) is 0.500. The van der Waals surface area contributed by atoms with Gasteiger partial charge in [-0.15, -0.1) is 11.3 Å². The third-order valence-corrected chi connectivity index (χ3v) is 4.54. The second-order valence-corrected chi connectivity index (χ2v) is 6.60. The summed E-state index contributed by atoms with van der Waals surface area (Å²) in [5.74, 6) is -0.0736. The van der Waals surface area contributed by atoms with E-state index in [9.17, 15) is 9.90 Å². The van der Waals surface area contributed by atoms with Crippen molar-refractivity contribution in [2.24, 2.45) is 5.92 Å². The molecule has 2 aromatic rings. The van der Waals surface area contributed by atoms with Gasteiger partial charge >= 0.3 is 0 Å². The van der Waals surface area contributed by atoms with E-state index in [-0.39, 0.29) is 11.8 Å². The first-order chi connectivity index (χ1) is 10.0.